The molecule has 9 heteroatoms. The van der Waals surface area contributed by atoms with Crippen molar-refractivity contribution in [3.8, 4) is 0 Å². The molecular formula is C24H37N3O6. The van der Waals surface area contributed by atoms with Gasteiger partial charge in [-0.2, -0.15) is 0 Å². The van der Waals surface area contributed by atoms with Crippen LogP contribution in [-0.2, 0) is 19.1 Å². The smallest absolute Gasteiger partial charge is 0.408 e. The molecule has 0 radical (unpaired) electrons. The second-order valence-electron chi connectivity index (χ2n) is 11.1. The molecule has 4 fully saturated rings. The predicted octanol–water partition coefficient (Wildman–Crippen LogP) is 2.38. The van der Waals surface area contributed by atoms with Crippen LogP contribution in [0.4, 0.5) is 4.79 Å². The lowest BCUT2D eigenvalue weighted by atomic mass is 9.83. The number of hydrogen-bond acceptors (Lipinski definition) is 5. The zero-order chi connectivity index (χ0) is 23.9. The van der Waals surface area contributed by atoms with Crippen LogP contribution in [0.15, 0.2) is 0 Å². The van der Waals surface area contributed by atoms with Crippen molar-refractivity contribution >= 4 is 23.9 Å². The number of hydrogen-bond donors (Lipinski definition) is 2. The van der Waals surface area contributed by atoms with Gasteiger partial charge in [-0.25, -0.2) is 4.79 Å². The van der Waals surface area contributed by atoms with E-state index in [9.17, 15) is 24.3 Å². The lowest BCUT2D eigenvalue weighted by molar-refractivity contribution is -0.145. The van der Waals surface area contributed by atoms with Gasteiger partial charge in [-0.05, 0) is 58.8 Å². The number of aliphatic carboxylic acids is 1. The summed E-state index contributed by atoms with van der Waals surface area (Å²) >= 11 is 0. The molecular weight excluding hydrogens is 426 g/mol. The van der Waals surface area contributed by atoms with Gasteiger partial charge in [0.25, 0.3) is 0 Å². The molecule has 2 saturated heterocycles. The number of ether oxygens (including phenoxy) is 1. The number of carboxylic acid groups (broad SMARTS) is 1. The van der Waals surface area contributed by atoms with E-state index in [0.717, 1.165) is 44.9 Å². The largest absolute Gasteiger partial charge is 0.481 e. The van der Waals surface area contributed by atoms with Gasteiger partial charge in [-0.3, -0.25) is 14.4 Å². The average molecular weight is 464 g/mol. The fourth-order valence-electron chi connectivity index (χ4n) is 5.84. The van der Waals surface area contributed by atoms with Crippen LogP contribution < -0.4 is 5.32 Å². The first kappa shape index (κ1) is 23.8. The number of nitrogens with zero attached hydrogens (tertiary/aromatic N) is 2. The molecule has 4 aliphatic rings. The molecule has 184 valence electrons. The maximum absolute atomic E-state index is 13.8. The molecule has 2 aliphatic heterocycles. The normalized spacial score (nSPS) is 28.9. The zero-order valence-corrected chi connectivity index (χ0v) is 19.9. The molecule has 0 spiro atoms. The Balaban J connectivity index is 1.55. The van der Waals surface area contributed by atoms with Crippen molar-refractivity contribution in [3.05, 3.63) is 0 Å². The Bertz CT molecular complexity index is 799. The van der Waals surface area contributed by atoms with Crippen molar-refractivity contribution in [2.75, 3.05) is 13.1 Å². The van der Waals surface area contributed by atoms with Crippen molar-refractivity contribution in [1.29, 1.82) is 0 Å². The first-order valence-corrected chi connectivity index (χ1v) is 12.4. The van der Waals surface area contributed by atoms with Crippen LogP contribution in [0.1, 0.15) is 72.1 Å². The lowest BCUT2D eigenvalue weighted by Gasteiger charge is -2.35. The topological polar surface area (TPSA) is 116 Å². The quantitative estimate of drug-likeness (QED) is 0.647. The van der Waals surface area contributed by atoms with E-state index in [2.05, 4.69) is 5.32 Å². The standard InChI is InChI=1S/C24H37N3O6/c1-24(2,3)33-23(32)25-18(14-7-5-4-6-8-14)21(29)26-12-11-17-19(26)16(22(30)31)13-27(17)20(28)15-9-10-15/h14-19H,4-13H2,1-3H3,(H,25,32)(H,30,31)/t16?,17-,18+,19-/m1/s1. The molecule has 0 aromatic heterocycles. The van der Waals surface area contributed by atoms with E-state index in [1.807, 2.05) is 0 Å². The first-order valence-electron chi connectivity index (χ1n) is 12.4. The van der Waals surface area contributed by atoms with Gasteiger partial charge in [-0.1, -0.05) is 19.3 Å². The van der Waals surface area contributed by atoms with Gasteiger partial charge in [0, 0.05) is 19.0 Å². The molecule has 9 nitrogen and oxygen atoms in total. The number of amides is 3. The summed E-state index contributed by atoms with van der Waals surface area (Å²) in [5, 5.41) is 12.7. The number of nitrogens with one attached hydrogen (secondary N) is 1. The summed E-state index contributed by atoms with van der Waals surface area (Å²) in [6, 6.07) is -1.57. The molecule has 4 rings (SSSR count). The summed E-state index contributed by atoms with van der Waals surface area (Å²) in [4.78, 5) is 54.7. The lowest BCUT2D eigenvalue weighted by Crippen LogP contribution is -2.56. The van der Waals surface area contributed by atoms with Gasteiger partial charge in [0.2, 0.25) is 11.8 Å². The number of alkyl carbamates (subject to hydrolysis) is 1. The molecule has 4 atom stereocenters. The highest BCUT2D eigenvalue weighted by Gasteiger charge is 2.56. The average Bonchev–Trinajstić information content (AvgIpc) is 3.39. The molecule has 0 aromatic rings. The Labute approximate surface area is 195 Å². The number of fused-ring (bicyclic) bond motifs is 1. The van der Waals surface area contributed by atoms with E-state index in [0.29, 0.717) is 13.0 Å². The van der Waals surface area contributed by atoms with E-state index in [1.54, 1.807) is 30.6 Å². The van der Waals surface area contributed by atoms with Gasteiger partial charge in [0.05, 0.1) is 18.0 Å². The molecule has 2 aliphatic carbocycles. The van der Waals surface area contributed by atoms with Gasteiger partial charge in [-0.15, -0.1) is 0 Å². The SMILES string of the molecule is CC(C)(C)OC(=O)N[C@H](C(=O)N1CC[C@@H]2[C@H]1C(C(=O)O)CN2C(=O)C1CC1)C1CCCCC1. The molecule has 0 aromatic carbocycles. The van der Waals surface area contributed by atoms with Crippen molar-refractivity contribution in [3.63, 3.8) is 0 Å². The molecule has 2 saturated carbocycles. The van der Waals surface area contributed by atoms with Crippen LogP contribution in [0.2, 0.25) is 0 Å². The zero-order valence-electron chi connectivity index (χ0n) is 19.9. The highest BCUT2D eigenvalue weighted by atomic mass is 16.6. The number of likely N-dealkylation sites (tertiary alicyclic amines) is 2. The fraction of sp³-hybridized carbons (Fsp3) is 0.833. The van der Waals surface area contributed by atoms with Gasteiger partial charge in [0.1, 0.15) is 11.6 Å². The Hall–Kier alpha value is -2.32. The fourth-order valence-corrected chi connectivity index (χ4v) is 5.84. The van der Waals surface area contributed by atoms with Crippen LogP contribution in [0.25, 0.3) is 0 Å². The molecule has 33 heavy (non-hydrogen) atoms. The second kappa shape index (κ2) is 9.14. The Morgan fingerprint density at radius 2 is 1.64 bits per heavy atom. The minimum absolute atomic E-state index is 0.00627. The highest BCUT2D eigenvalue weighted by Crippen LogP contribution is 2.41. The first-order chi connectivity index (χ1) is 15.6. The summed E-state index contributed by atoms with van der Waals surface area (Å²) in [6.45, 7) is 5.87. The Morgan fingerprint density at radius 3 is 2.21 bits per heavy atom. The highest BCUT2D eigenvalue weighted by molar-refractivity contribution is 5.88. The third kappa shape index (κ3) is 5.11. The number of carbonyl (C=O) groups is 4. The molecule has 0 bridgehead atoms. The third-order valence-corrected chi connectivity index (χ3v) is 7.50. The van der Waals surface area contributed by atoms with Gasteiger partial charge in [0.15, 0.2) is 0 Å². The Morgan fingerprint density at radius 1 is 0.970 bits per heavy atom. The van der Waals surface area contributed by atoms with E-state index in [4.69, 9.17) is 4.74 Å². The number of carbonyl (C=O) groups excluding carboxylic acids is 3. The van der Waals surface area contributed by atoms with Crippen LogP contribution in [0.5, 0.6) is 0 Å². The monoisotopic (exact) mass is 463 g/mol. The summed E-state index contributed by atoms with van der Waals surface area (Å²) in [6.07, 6.45) is 6.43. The van der Waals surface area contributed by atoms with Crippen molar-refractivity contribution in [2.24, 2.45) is 17.8 Å². The predicted molar refractivity (Wildman–Crippen MR) is 119 cm³/mol. The number of carboxylic acids is 1. The van der Waals surface area contributed by atoms with E-state index in [-0.39, 0.29) is 36.2 Å². The Kier molecular flexibility index (Phi) is 6.60. The minimum Gasteiger partial charge on any atom is -0.481 e. The van der Waals surface area contributed by atoms with Crippen molar-refractivity contribution < 1.29 is 29.0 Å². The van der Waals surface area contributed by atoms with E-state index < -0.39 is 35.7 Å². The third-order valence-electron chi connectivity index (χ3n) is 7.50. The molecule has 2 heterocycles. The molecule has 2 N–H and O–H groups in total. The second-order valence-corrected chi connectivity index (χ2v) is 11.1. The summed E-state index contributed by atoms with van der Waals surface area (Å²) in [7, 11) is 0. The van der Waals surface area contributed by atoms with E-state index >= 15 is 0 Å². The maximum atomic E-state index is 13.8. The summed E-state index contributed by atoms with van der Waals surface area (Å²) < 4.78 is 5.43. The van der Waals surface area contributed by atoms with E-state index in [1.165, 1.54) is 0 Å². The maximum Gasteiger partial charge on any atom is 0.408 e. The number of rotatable bonds is 5. The van der Waals surface area contributed by atoms with Gasteiger partial charge >= 0.3 is 12.1 Å². The van der Waals surface area contributed by atoms with Gasteiger partial charge < -0.3 is 25.0 Å². The van der Waals surface area contributed by atoms with Crippen molar-refractivity contribution in [1.82, 2.24) is 15.1 Å². The summed E-state index contributed by atoms with van der Waals surface area (Å²) in [5.41, 5.74) is -0.688. The minimum atomic E-state index is -0.981. The van der Waals surface area contributed by atoms with Crippen LogP contribution >= 0.6 is 0 Å². The summed E-state index contributed by atoms with van der Waals surface area (Å²) in [5.74, 6) is -2.01. The van der Waals surface area contributed by atoms with Crippen molar-refractivity contribution in [2.45, 2.75) is 95.9 Å². The molecule has 3 amide bonds. The van der Waals surface area contributed by atoms with Crippen LogP contribution in [0, 0.1) is 17.8 Å². The molecule has 1 unspecified atom stereocenters. The van der Waals surface area contributed by atoms with Crippen LogP contribution in [0.3, 0.4) is 0 Å². The van der Waals surface area contributed by atoms with Crippen LogP contribution in [-0.4, -0.2) is 75.6 Å².